The molecule has 0 aliphatic rings. The van der Waals surface area contributed by atoms with Crippen molar-refractivity contribution in [3.8, 4) is 0 Å². The molecule has 3 N–H and O–H groups in total. The summed E-state index contributed by atoms with van der Waals surface area (Å²) in [6, 6.07) is 21.0. The maximum Gasteiger partial charge on any atom is 0.230 e. The highest BCUT2D eigenvalue weighted by atomic mass is 127. The first-order chi connectivity index (χ1) is 20.5. The molecule has 0 bridgehead atoms. The second-order valence-corrected chi connectivity index (χ2v) is 11.6. The number of carbonyl (C=O) groups excluding carboxylic acids is 2. The summed E-state index contributed by atoms with van der Waals surface area (Å²) >= 11 is 3.21. The first-order valence-corrected chi connectivity index (χ1v) is 15.4. The second kappa shape index (κ2) is 16.9. The van der Waals surface area contributed by atoms with Crippen LogP contribution in [0.25, 0.3) is 0 Å². The molecule has 12 heteroatoms. The number of rotatable bonds is 16. The number of amides is 2. The largest absolute Gasteiger partial charge is 0.396 e. The highest BCUT2D eigenvalue weighted by Gasteiger charge is 2.12. The van der Waals surface area contributed by atoms with Crippen LogP contribution in [0, 0.1) is 5.92 Å². The first kappa shape index (κ1) is 31.6. The summed E-state index contributed by atoms with van der Waals surface area (Å²) in [7, 11) is 0. The number of hydrogen-bond donors (Lipinski definition) is 3. The van der Waals surface area contributed by atoms with Crippen molar-refractivity contribution in [2.24, 2.45) is 5.92 Å². The predicted octanol–water partition coefficient (Wildman–Crippen LogP) is 4.77. The topological polar surface area (TPSA) is 139 Å². The Morgan fingerprint density at radius 3 is 2.33 bits per heavy atom. The van der Waals surface area contributed by atoms with E-state index < -0.39 is 0 Å². The van der Waals surface area contributed by atoms with E-state index in [1.807, 2.05) is 83.7 Å². The number of nitrogens with one attached hydrogen (secondary N) is 2. The minimum absolute atomic E-state index is 0.0175. The standard InChI is InChI=1S/C30H33IN6O4S/c31-41-20-24(19-38)16-22-9-6-10-23(15-22)18-28(40)33-30-37-36-29(42-30)12-5-4-11-25-13-14-26(35-34-25)32-27(39)17-21-7-2-1-3-8-21/h1-3,6-10,13-15,24,38H,4-5,11-12,16-20H2,(H,32,35,39)(H,33,37,40). The van der Waals surface area contributed by atoms with Crippen LogP contribution < -0.4 is 10.6 Å². The van der Waals surface area contributed by atoms with Crippen LogP contribution in [0.1, 0.15) is 40.2 Å². The number of aromatic nitrogens is 4. The summed E-state index contributed by atoms with van der Waals surface area (Å²) in [4.78, 5) is 24.8. The summed E-state index contributed by atoms with van der Waals surface area (Å²) in [6.45, 7) is 0.518. The Morgan fingerprint density at radius 1 is 0.833 bits per heavy atom. The van der Waals surface area contributed by atoms with Crippen LogP contribution in [0.4, 0.5) is 10.9 Å². The van der Waals surface area contributed by atoms with E-state index in [9.17, 15) is 14.7 Å². The summed E-state index contributed by atoms with van der Waals surface area (Å²) in [5.41, 5.74) is 3.75. The summed E-state index contributed by atoms with van der Waals surface area (Å²) < 4.78 is 5.13. The number of aryl methyl sites for hydroxylation is 2. The molecule has 220 valence electrons. The third-order valence-corrected chi connectivity index (χ3v) is 7.68. The molecule has 1 atom stereocenters. The molecule has 0 aliphatic heterocycles. The van der Waals surface area contributed by atoms with Gasteiger partial charge < -0.3 is 18.8 Å². The molecule has 0 fully saturated rings. The van der Waals surface area contributed by atoms with Crippen molar-refractivity contribution < 1.29 is 17.8 Å². The average Bonchev–Trinajstić information content (AvgIpc) is 3.43. The highest BCUT2D eigenvalue weighted by Crippen LogP contribution is 2.19. The quantitative estimate of drug-likeness (QED) is 0.112. The zero-order valence-electron chi connectivity index (χ0n) is 23.0. The van der Waals surface area contributed by atoms with Gasteiger partial charge in [-0.3, -0.25) is 9.59 Å². The third-order valence-electron chi connectivity index (χ3n) is 6.42. The fraction of sp³-hybridized carbons (Fsp3) is 0.333. The van der Waals surface area contributed by atoms with Gasteiger partial charge in [-0.1, -0.05) is 65.9 Å². The molecule has 10 nitrogen and oxygen atoms in total. The van der Waals surface area contributed by atoms with Gasteiger partial charge in [-0.25, -0.2) is 0 Å². The van der Waals surface area contributed by atoms with Gasteiger partial charge in [0.15, 0.2) is 5.82 Å². The lowest BCUT2D eigenvalue weighted by Crippen LogP contribution is -2.16. The number of aliphatic hydroxyl groups is 1. The molecule has 0 radical (unpaired) electrons. The Bertz CT molecular complexity index is 1420. The maximum atomic E-state index is 12.6. The number of nitrogens with zero attached hydrogens (tertiary/aromatic N) is 4. The monoisotopic (exact) mass is 700 g/mol. The normalized spacial score (nSPS) is 11.7. The number of halogens is 1. The molecule has 4 rings (SSSR count). The Morgan fingerprint density at radius 2 is 1.57 bits per heavy atom. The van der Waals surface area contributed by atoms with E-state index in [-0.39, 0.29) is 37.2 Å². The van der Waals surface area contributed by atoms with Gasteiger partial charge in [0.25, 0.3) is 0 Å². The first-order valence-electron chi connectivity index (χ1n) is 13.7. The SMILES string of the molecule is O=C(Cc1ccccc1)Nc1ccc(CCCCc2nnc(NC(=O)Cc3cccc(CC(CO)COI)c3)s2)nn1. The van der Waals surface area contributed by atoms with Gasteiger partial charge in [0, 0.05) is 18.9 Å². The number of benzene rings is 2. The molecule has 2 aromatic carbocycles. The van der Waals surface area contributed by atoms with Crippen LogP contribution in [-0.2, 0) is 44.8 Å². The van der Waals surface area contributed by atoms with E-state index >= 15 is 0 Å². The van der Waals surface area contributed by atoms with Gasteiger partial charge >= 0.3 is 0 Å². The van der Waals surface area contributed by atoms with Crippen LogP contribution in [0.5, 0.6) is 0 Å². The van der Waals surface area contributed by atoms with E-state index in [4.69, 9.17) is 3.07 Å². The van der Waals surface area contributed by atoms with Gasteiger partial charge in [-0.2, -0.15) is 5.10 Å². The van der Waals surface area contributed by atoms with E-state index in [0.29, 0.717) is 24.0 Å². The lowest BCUT2D eigenvalue weighted by atomic mass is 9.98. The zero-order chi connectivity index (χ0) is 29.6. The summed E-state index contributed by atoms with van der Waals surface area (Å²) in [5, 5.41) is 33.2. The number of hydrogen-bond acceptors (Lipinski definition) is 9. The van der Waals surface area contributed by atoms with Crippen molar-refractivity contribution in [2.75, 3.05) is 23.8 Å². The van der Waals surface area contributed by atoms with E-state index in [0.717, 1.165) is 53.1 Å². The van der Waals surface area contributed by atoms with Crippen molar-refractivity contribution in [1.29, 1.82) is 0 Å². The van der Waals surface area contributed by atoms with Crippen molar-refractivity contribution in [3.63, 3.8) is 0 Å². The van der Waals surface area contributed by atoms with Crippen molar-refractivity contribution in [3.05, 3.63) is 94.1 Å². The highest BCUT2D eigenvalue weighted by molar-refractivity contribution is 14.1. The Kier molecular flexibility index (Phi) is 12.8. The van der Waals surface area contributed by atoms with Gasteiger partial charge in [0.05, 0.1) is 25.1 Å². The third kappa shape index (κ3) is 10.8. The number of carbonyl (C=O) groups is 2. The fourth-order valence-corrected chi connectivity index (χ4v) is 5.64. The van der Waals surface area contributed by atoms with Gasteiger partial charge in [-0.15, -0.1) is 15.3 Å². The van der Waals surface area contributed by atoms with E-state index in [2.05, 4.69) is 31.0 Å². The summed E-state index contributed by atoms with van der Waals surface area (Å²) in [5.74, 6) is 0.176. The number of anilines is 2. The molecule has 0 spiro atoms. The number of unbranched alkanes of at least 4 members (excludes halogenated alkanes) is 1. The minimum atomic E-state index is -0.151. The zero-order valence-corrected chi connectivity index (χ0v) is 26.0. The molecule has 1 unspecified atom stereocenters. The molecule has 0 saturated heterocycles. The molecular formula is C30H33IN6O4S. The molecule has 2 amide bonds. The molecule has 4 aromatic rings. The van der Waals surface area contributed by atoms with E-state index in [1.54, 1.807) is 6.07 Å². The molecule has 0 aliphatic carbocycles. The smallest absolute Gasteiger partial charge is 0.230 e. The van der Waals surface area contributed by atoms with Crippen molar-refractivity contribution in [1.82, 2.24) is 20.4 Å². The van der Waals surface area contributed by atoms with Crippen LogP contribution >= 0.6 is 34.3 Å². The molecule has 0 saturated carbocycles. The Labute approximate surface area is 263 Å². The van der Waals surface area contributed by atoms with Crippen LogP contribution in [0.3, 0.4) is 0 Å². The van der Waals surface area contributed by atoms with Crippen molar-refractivity contribution >= 4 is 57.1 Å². The molecule has 2 heterocycles. The van der Waals surface area contributed by atoms with Crippen LogP contribution in [0.15, 0.2) is 66.7 Å². The summed E-state index contributed by atoms with van der Waals surface area (Å²) in [6.07, 6.45) is 4.50. The minimum Gasteiger partial charge on any atom is -0.396 e. The van der Waals surface area contributed by atoms with Gasteiger partial charge in [0.1, 0.15) is 28.0 Å². The lowest BCUT2D eigenvalue weighted by molar-refractivity contribution is -0.116. The molecule has 2 aromatic heterocycles. The lowest BCUT2D eigenvalue weighted by Gasteiger charge is -2.13. The fourth-order valence-electron chi connectivity index (χ4n) is 4.33. The average molecular weight is 701 g/mol. The van der Waals surface area contributed by atoms with Crippen molar-refractivity contribution in [2.45, 2.75) is 44.9 Å². The van der Waals surface area contributed by atoms with Crippen LogP contribution in [0.2, 0.25) is 0 Å². The van der Waals surface area contributed by atoms with Gasteiger partial charge in [-0.05, 0) is 54.5 Å². The van der Waals surface area contributed by atoms with Crippen LogP contribution in [-0.4, -0.2) is 50.5 Å². The maximum absolute atomic E-state index is 12.6. The second-order valence-electron chi connectivity index (χ2n) is 9.90. The molecule has 42 heavy (non-hydrogen) atoms. The molecular weight excluding hydrogens is 667 g/mol. The predicted molar refractivity (Wildman–Crippen MR) is 170 cm³/mol. The number of aliphatic hydroxyl groups excluding tert-OH is 1. The van der Waals surface area contributed by atoms with E-state index in [1.165, 1.54) is 11.3 Å². The van der Waals surface area contributed by atoms with Gasteiger partial charge in [0.2, 0.25) is 16.9 Å². The Hall–Kier alpha value is -3.33. The Balaban J connectivity index is 1.15.